The Hall–Kier alpha value is -2.22. The fourth-order valence-electron chi connectivity index (χ4n) is 4.00. The SMILES string of the molecule is CNc1c(C/C=C2\CCC(C(=O)S)C2)c(C(F)=C(F)F)c(C)c2c1C(=O)OC2. The number of carbonyl (C=O) groups excluding carboxylic acids is 2. The van der Waals surface area contributed by atoms with Crippen molar-refractivity contribution in [1.29, 1.82) is 0 Å². The summed E-state index contributed by atoms with van der Waals surface area (Å²) in [4.78, 5) is 23.6. The highest BCUT2D eigenvalue weighted by Gasteiger charge is 2.33. The van der Waals surface area contributed by atoms with E-state index in [4.69, 9.17) is 4.74 Å². The number of benzene rings is 1. The normalized spacial score (nSPS) is 19.6. The van der Waals surface area contributed by atoms with E-state index < -0.39 is 17.9 Å². The van der Waals surface area contributed by atoms with E-state index >= 15 is 0 Å². The standard InChI is InChI=1S/C20H20F3NO3S/c1-9-13-8-27-19(25)15(13)17(24-2)12(14(9)16(21)18(22)23)6-4-10-3-5-11(7-10)20(26)28/h4,11,24H,3,5-8H2,1-2H3,(H,26,28)/b10-4+. The Kier molecular flexibility index (Phi) is 5.88. The Morgan fingerprint density at radius 3 is 2.64 bits per heavy atom. The molecule has 150 valence electrons. The molecule has 1 aromatic rings. The third-order valence-corrected chi connectivity index (χ3v) is 5.80. The van der Waals surface area contributed by atoms with Crippen LogP contribution in [-0.4, -0.2) is 18.1 Å². The van der Waals surface area contributed by atoms with Crippen LogP contribution >= 0.6 is 12.6 Å². The highest BCUT2D eigenvalue weighted by molar-refractivity contribution is 7.96. The average Bonchev–Trinajstić information content (AvgIpc) is 3.27. The predicted octanol–water partition coefficient (Wildman–Crippen LogP) is 4.97. The van der Waals surface area contributed by atoms with E-state index in [1.807, 2.05) is 6.08 Å². The minimum Gasteiger partial charge on any atom is -0.457 e. The van der Waals surface area contributed by atoms with E-state index in [0.717, 1.165) is 5.57 Å². The van der Waals surface area contributed by atoms with Crippen molar-refractivity contribution in [3.05, 3.63) is 45.5 Å². The molecule has 0 bridgehead atoms. The summed E-state index contributed by atoms with van der Waals surface area (Å²) < 4.78 is 45.8. The summed E-state index contributed by atoms with van der Waals surface area (Å²) in [5.41, 5.74) is 2.30. The van der Waals surface area contributed by atoms with Crippen LogP contribution in [0.4, 0.5) is 18.9 Å². The van der Waals surface area contributed by atoms with Gasteiger partial charge < -0.3 is 10.1 Å². The summed E-state index contributed by atoms with van der Waals surface area (Å²) in [6.45, 7) is 1.44. The molecule has 28 heavy (non-hydrogen) atoms. The first-order valence-corrected chi connectivity index (χ1v) is 9.36. The van der Waals surface area contributed by atoms with Crippen molar-refractivity contribution in [2.45, 2.75) is 39.2 Å². The lowest BCUT2D eigenvalue weighted by molar-refractivity contribution is -0.113. The molecule has 0 saturated heterocycles. The third-order valence-electron chi connectivity index (χ3n) is 5.44. The molecule has 0 spiro atoms. The van der Waals surface area contributed by atoms with Crippen LogP contribution in [0.2, 0.25) is 0 Å². The van der Waals surface area contributed by atoms with Gasteiger partial charge in [-0.15, -0.1) is 12.6 Å². The molecular weight excluding hydrogens is 391 g/mol. The molecule has 1 aromatic carbocycles. The van der Waals surface area contributed by atoms with Crippen LogP contribution in [-0.2, 0) is 22.6 Å². The highest BCUT2D eigenvalue weighted by Crippen LogP contribution is 2.42. The lowest BCUT2D eigenvalue weighted by Crippen LogP contribution is -2.10. The molecule has 8 heteroatoms. The zero-order valence-corrected chi connectivity index (χ0v) is 16.4. The lowest BCUT2D eigenvalue weighted by atomic mass is 9.88. The maximum Gasteiger partial charge on any atom is 0.341 e. The number of thiol groups is 1. The predicted molar refractivity (Wildman–Crippen MR) is 103 cm³/mol. The van der Waals surface area contributed by atoms with E-state index in [-0.39, 0.29) is 46.3 Å². The molecule has 1 unspecified atom stereocenters. The minimum atomic E-state index is -2.41. The van der Waals surface area contributed by atoms with Gasteiger partial charge in [0, 0.05) is 24.1 Å². The molecule has 3 rings (SSSR count). The van der Waals surface area contributed by atoms with Crippen LogP contribution in [0, 0.1) is 12.8 Å². The van der Waals surface area contributed by atoms with E-state index in [9.17, 15) is 22.8 Å². The Balaban J connectivity index is 2.12. The van der Waals surface area contributed by atoms with Crippen LogP contribution in [0.25, 0.3) is 5.83 Å². The summed E-state index contributed by atoms with van der Waals surface area (Å²) >= 11 is 3.87. The quantitative estimate of drug-likeness (QED) is 0.408. The summed E-state index contributed by atoms with van der Waals surface area (Å²) in [6, 6.07) is 0. The number of anilines is 1. The topological polar surface area (TPSA) is 55.4 Å². The molecule has 1 N–H and O–H groups in total. The Morgan fingerprint density at radius 2 is 2.07 bits per heavy atom. The van der Waals surface area contributed by atoms with E-state index in [1.165, 1.54) is 6.92 Å². The summed E-state index contributed by atoms with van der Waals surface area (Å²) in [7, 11) is 1.55. The summed E-state index contributed by atoms with van der Waals surface area (Å²) in [5.74, 6) is -2.32. The van der Waals surface area contributed by atoms with Crippen LogP contribution < -0.4 is 5.32 Å². The fraction of sp³-hybridized carbons (Fsp3) is 0.400. The van der Waals surface area contributed by atoms with Crippen molar-refractivity contribution in [1.82, 2.24) is 0 Å². The van der Waals surface area contributed by atoms with Crippen LogP contribution in [0.1, 0.15) is 51.9 Å². The van der Waals surface area contributed by atoms with Gasteiger partial charge in [-0.3, -0.25) is 4.79 Å². The average molecular weight is 411 g/mol. The monoisotopic (exact) mass is 411 g/mol. The van der Waals surface area contributed by atoms with Crippen LogP contribution in [0.5, 0.6) is 0 Å². The summed E-state index contributed by atoms with van der Waals surface area (Å²) in [6.07, 6.45) is 1.49. The number of hydrogen-bond donors (Lipinski definition) is 2. The van der Waals surface area contributed by atoms with Gasteiger partial charge in [0.1, 0.15) is 6.61 Å². The molecule has 1 aliphatic heterocycles. The van der Waals surface area contributed by atoms with Gasteiger partial charge in [0.2, 0.25) is 0 Å². The highest BCUT2D eigenvalue weighted by atomic mass is 32.1. The third kappa shape index (κ3) is 3.57. The number of esters is 1. The lowest BCUT2D eigenvalue weighted by Gasteiger charge is -2.19. The van der Waals surface area contributed by atoms with Gasteiger partial charge in [0.15, 0.2) is 10.9 Å². The van der Waals surface area contributed by atoms with Gasteiger partial charge in [-0.25, -0.2) is 9.18 Å². The van der Waals surface area contributed by atoms with Gasteiger partial charge in [-0.2, -0.15) is 8.78 Å². The molecule has 0 aromatic heterocycles. The fourth-order valence-corrected chi connectivity index (χ4v) is 4.22. The van der Waals surface area contributed by atoms with E-state index in [0.29, 0.717) is 30.5 Å². The van der Waals surface area contributed by atoms with Crippen molar-refractivity contribution in [3.8, 4) is 0 Å². The minimum absolute atomic E-state index is 0.0734. The Bertz CT molecular complexity index is 920. The zero-order valence-electron chi connectivity index (χ0n) is 15.5. The molecule has 2 aliphatic rings. The molecule has 0 amide bonds. The smallest absolute Gasteiger partial charge is 0.341 e. The van der Waals surface area contributed by atoms with Gasteiger partial charge in [0.05, 0.1) is 11.3 Å². The van der Waals surface area contributed by atoms with Gasteiger partial charge in [-0.05, 0) is 43.7 Å². The molecule has 1 heterocycles. The molecule has 1 fully saturated rings. The van der Waals surface area contributed by atoms with Crippen LogP contribution in [0.3, 0.4) is 0 Å². The number of hydrogen-bond acceptors (Lipinski definition) is 4. The van der Waals surface area contributed by atoms with Gasteiger partial charge in [-0.1, -0.05) is 11.6 Å². The maximum absolute atomic E-state index is 14.4. The van der Waals surface area contributed by atoms with E-state index in [2.05, 4.69) is 17.9 Å². The largest absolute Gasteiger partial charge is 0.457 e. The molecule has 1 atom stereocenters. The second-order valence-electron chi connectivity index (χ2n) is 6.95. The Morgan fingerprint density at radius 1 is 1.36 bits per heavy atom. The second kappa shape index (κ2) is 8.03. The van der Waals surface area contributed by atoms with Crippen LogP contribution in [0.15, 0.2) is 17.7 Å². The number of cyclic esters (lactones) is 1. The maximum atomic E-state index is 14.4. The van der Waals surface area contributed by atoms with Crippen molar-refractivity contribution < 1.29 is 27.5 Å². The van der Waals surface area contributed by atoms with Crippen molar-refractivity contribution in [3.63, 3.8) is 0 Å². The van der Waals surface area contributed by atoms with Crippen molar-refractivity contribution >= 4 is 35.2 Å². The van der Waals surface area contributed by atoms with Crippen molar-refractivity contribution in [2.24, 2.45) is 5.92 Å². The number of allylic oxidation sites excluding steroid dienone is 2. The van der Waals surface area contributed by atoms with Gasteiger partial charge in [0.25, 0.3) is 0 Å². The first-order valence-electron chi connectivity index (χ1n) is 8.91. The number of nitrogens with one attached hydrogen (secondary N) is 1. The van der Waals surface area contributed by atoms with Gasteiger partial charge >= 0.3 is 12.0 Å². The van der Waals surface area contributed by atoms with E-state index in [1.54, 1.807) is 7.05 Å². The zero-order chi connectivity index (χ0) is 20.6. The molecule has 1 saturated carbocycles. The first-order chi connectivity index (χ1) is 13.3. The number of halogens is 3. The number of ether oxygens (including phenoxy) is 1. The number of rotatable bonds is 5. The molecular formula is C20H20F3NO3S. The number of fused-ring (bicyclic) bond motifs is 1. The molecule has 4 nitrogen and oxygen atoms in total. The number of carbonyl (C=O) groups is 2. The Labute approximate surface area is 166 Å². The second-order valence-corrected chi connectivity index (χ2v) is 7.39. The molecule has 0 radical (unpaired) electrons. The first kappa shape index (κ1) is 20.5. The summed E-state index contributed by atoms with van der Waals surface area (Å²) in [5, 5.41) is 2.68. The van der Waals surface area contributed by atoms with Crippen molar-refractivity contribution in [2.75, 3.05) is 12.4 Å². The molecule has 1 aliphatic carbocycles.